The van der Waals surface area contributed by atoms with Crippen molar-refractivity contribution in [2.24, 2.45) is 0 Å². The van der Waals surface area contributed by atoms with Gasteiger partial charge in [0, 0.05) is 13.8 Å². The number of hydrogen-bond acceptors (Lipinski definition) is 4. The van der Waals surface area contributed by atoms with Crippen LogP contribution in [0.25, 0.3) is 0 Å². The number of rotatable bonds is 2. The fourth-order valence-corrected chi connectivity index (χ4v) is 0.151. The average Bonchev–Trinajstić information content (AvgIpc) is 1.82. The van der Waals surface area contributed by atoms with Gasteiger partial charge in [0.2, 0.25) is 0 Å². The molecule has 4 N–H and O–H groups in total. The summed E-state index contributed by atoms with van der Waals surface area (Å²) in [5, 5.41) is 25.2. The third-order valence-corrected chi connectivity index (χ3v) is 0.328. The third-order valence-electron chi connectivity index (χ3n) is 0.328. The van der Waals surface area contributed by atoms with E-state index in [1.165, 1.54) is 0 Å². The first-order chi connectivity index (χ1) is 6.23. The van der Waals surface area contributed by atoms with Crippen LogP contribution in [0.4, 0.5) is 0 Å². The maximum atomic E-state index is 9.54. The number of hydrogen-bond donors (Lipinski definition) is 4. The Morgan fingerprint density at radius 3 is 1.06 bits per heavy atom. The Hall–Kier alpha value is 3.28. The summed E-state index contributed by atoms with van der Waals surface area (Å²) in [6.45, 7) is 2.21. The molecular weight excluding hydrogens is 311 g/mol. The zero-order valence-corrected chi connectivity index (χ0v) is 20.6. The Morgan fingerprint density at radius 1 is 0.882 bits per heavy atom. The third kappa shape index (κ3) is 146. The molecule has 0 radical (unpaired) electrons. The van der Waals surface area contributed by atoms with Crippen LogP contribution in [0.2, 0.25) is 0 Å². The van der Waals surface area contributed by atoms with E-state index < -0.39 is 17.9 Å². The summed E-state index contributed by atoms with van der Waals surface area (Å²) < 4.78 is 0. The number of aliphatic carboxylic acids is 3. The predicted octanol–water partition coefficient (Wildman–Crippen LogP) is -9.52. The second kappa shape index (κ2) is 31.6. The van der Waals surface area contributed by atoms with E-state index in [0.29, 0.717) is 0 Å². The Balaban J connectivity index is -0.0000000252. The second-order valence-electron chi connectivity index (χ2n) is 1.96. The summed E-state index contributed by atoms with van der Waals surface area (Å²) in [6, 6.07) is 0. The minimum Gasteiger partial charge on any atom is -0.481 e. The standard InChI is InChI=1S/C3H7NO2.2C2H4O2.3K/c1-4-2-3(5)6;2*1-2(3)4;;;/h4H,2H2,1H3,(H,5,6);2*1H3,(H,3,4);;;/q;;;3*+1. The largest absolute Gasteiger partial charge is 1.00 e. The van der Waals surface area contributed by atoms with Crippen molar-refractivity contribution in [2.75, 3.05) is 13.6 Å². The Labute approximate surface area is 228 Å². The van der Waals surface area contributed by atoms with Gasteiger partial charge in [0.25, 0.3) is 11.9 Å². The van der Waals surface area contributed by atoms with Crippen molar-refractivity contribution < 1.29 is 184 Å². The summed E-state index contributed by atoms with van der Waals surface area (Å²) in [5.74, 6) is -2.49. The minimum atomic E-state index is -0.833. The number of nitrogens with one attached hydrogen (secondary N) is 1. The van der Waals surface area contributed by atoms with Crippen LogP contribution in [0.3, 0.4) is 0 Å². The van der Waals surface area contributed by atoms with Gasteiger partial charge in [-0.2, -0.15) is 0 Å². The van der Waals surface area contributed by atoms with Gasteiger partial charge in [0.05, 0.1) is 6.54 Å². The predicted molar refractivity (Wildman–Crippen MR) is 48.2 cm³/mol. The van der Waals surface area contributed by atoms with Gasteiger partial charge in [-0.1, -0.05) is 0 Å². The van der Waals surface area contributed by atoms with E-state index in [0.717, 1.165) is 13.8 Å². The van der Waals surface area contributed by atoms with Crippen LogP contribution in [-0.4, -0.2) is 46.8 Å². The first kappa shape index (κ1) is 37.0. The second-order valence-corrected chi connectivity index (χ2v) is 1.96. The topological polar surface area (TPSA) is 124 Å². The smallest absolute Gasteiger partial charge is 0.481 e. The van der Waals surface area contributed by atoms with E-state index in [2.05, 4.69) is 5.32 Å². The summed E-state index contributed by atoms with van der Waals surface area (Å²) in [4.78, 5) is 27.5. The molecule has 0 spiro atoms. The van der Waals surface area contributed by atoms with Crippen LogP contribution in [0.5, 0.6) is 0 Å². The van der Waals surface area contributed by atoms with Crippen molar-refractivity contribution in [2.45, 2.75) is 13.8 Å². The first-order valence-corrected chi connectivity index (χ1v) is 3.49. The van der Waals surface area contributed by atoms with E-state index in [4.69, 9.17) is 24.9 Å². The van der Waals surface area contributed by atoms with Crippen molar-refractivity contribution in [1.29, 1.82) is 0 Å². The summed E-state index contributed by atoms with van der Waals surface area (Å²) in [7, 11) is 1.59. The molecule has 17 heavy (non-hydrogen) atoms. The Bertz CT molecular complexity index is 170. The fourth-order valence-electron chi connectivity index (χ4n) is 0.151. The maximum absolute atomic E-state index is 9.54. The van der Waals surface area contributed by atoms with Crippen molar-refractivity contribution in [3.8, 4) is 0 Å². The first-order valence-electron chi connectivity index (χ1n) is 3.49. The van der Waals surface area contributed by atoms with Gasteiger partial charge in [0.15, 0.2) is 0 Å². The van der Waals surface area contributed by atoms with Gasteiger partial charge < -0.3 is 20.6 Å². The van der Waals surface area contributed by atoms with Gasteiger partial charge in [-0.15, -0.1) is 0 Å². The number of carbonyl (C=O) groups is 3. The molecule has 10 heteroatoms. The summed E-state index contributed by atoms with van der Waals surface area (Å²) in [5.41, 5.74) is 0. The Morgan fingerprint density at radius 2 is 1.06 bits per heavy atom. The van der Waals surface area contributed by atoms with E-state index in [1.807, 2.05) is 0 Å². The van der Waals surface area contributed by atoms with E-state index in [-0.39, 0.29) is 161 Å². The fraction of sp³-hybridized carbons (Fsp3) is 0.571. The van der Waals surface area contributed by atoms with Crippen molar-refractivity contribution in [1.82, 2.24) is 5.32 Å². The number of likely N-dealkylation sites (N-methyl/N-ethyl adjacent to an activating group) is 1. The molecule has 84 valence electrons. The van der Waals surface area contributed by atoms with Crippen molar-refractivity contribution in [3.05, 3.63) is 0 Å². The molecule has 0 aliphatic heterocycles. The van der Waals surface area contributed by atoms with E-state index in [1.54, 1.807) is 7.05 Å². The number of carboxylic acids is 3. The molecule has 0 aliphatic rings. The molecule has 0 unspecified atom stereocenters. The molecule has 0 fully saturated rings. The van der Waals surface area contributed by atoms with Crippen LogP contribution in [0, 0.1) is 0 Å². The van der Waals surface area contributed by atoms with Crippen LogP contribution >= 0.6 is 0 Å². The quantitative estimate of drug-likeness (QED) is 0.372. The van der Waals surface area contributed by atoms with Crippen LogP contribution in [-0.2, 0) is 14.4 Å². The Kier molecular flexibility index (Phi) is 68.7. The van der Waals surface area contributed by atoms with Gasteiger partial charge in [-0.3, -0.25) is 14.4 Å². The maximum Gasteiger partial charge on any atom is 1.00 e. The molecule has 0 bridgehead atoms. The van der Waals surface area contributed by atoms with Gasteiger partial charge in [-0.05, 0) is 7.05 Å². The van der Waals surface area contributed by atoms with Gasteiger partial charge in [0.1, 0.15) is 0 Å². The molecule has 0 heterocycles. The molecule has 0 amide bonds. The average molecular weight is 326 g/mol. The molecule has 0 aromatic rings. The monoisotopic (exact) mass is 326 g/mol. The molecule has 7 nitrogen and oxygen atoms in total. The molecular formula is C7H15K3NO6+3. The molecule has 0 saturated heterocycles. The normalized spacial score (nSPS) is 5.82. The molecule has 0 atom stereocenters. The zero-order chi connectivity index (χ0) is 12.1. The van der Waals surface area contributed by atoms with E-state index >= 15 is 0 Å². The van der Waals surface area contributed by atoms with Crippen molar-refractivity contribution >= 4 is 17.9 Å². The van der Waals surface area contributed by atoms with Crippen LogP contribution < -0.4 is 159 Å². The SMILES string of the molecule is CC(=O)O.CC(=O)O.CNCC(=O)O.[K+].[K+].[K+]. The van der Waals surface area contributed by atoms with E-state index in [9.17, 15) is 4.79 Å². The van der Waals surface area contributed by atoms with Crippen molar-refractivity contribution in [3.63, 3.8) is 0 Å². The van der Waals surface area contributed by atoms with Gasteiger partial charge >= 0.3 is 160 Å². The molecule has 0 aliphatic carbocycles. The van der Waals surface area contributed by atoms with Crippen LogP contribution in [0.15, 0.2) is 0 Å². The van der Waals surface area contributed by atoms with Gasteiger partial charge in [-0.25, -0.2) is 0 Å². The zero-order valence-electron chi connectivity index (χ0n) is 11.3. The number of carboxylic acid groups (broad SMARTS) is 3. The molecule has 0 rings (SSSR count). The molecule has 0 aromatic heterocycles. The summed E-state index contributed by atoms with van der Waals surface area (Å²) in [6.07, 6.45) is 0. The minimum absolute atomic E-state index is 0. The molecule has 0 aromatic carbocycles. The van der Waals surface area contributed by atoms with Crippen LogP contribution in [0.1, 0.15) is 13.8 Å². The summed E-state index contributed by atoms with van der Waals surface area (Å²) >= 11 is 0. The molecule has 0 saturated carbocycles.